The molecule has 21 heavy (non-hydrogen) atoms. The highest BCUT2D eigenvalue weighted by Gasteiger charge is 2.34. The molecular formula is C14H17F3N2O2. The van der Waals surface area contributed by atoms with Gasteiger partial charge in [0.05, 0.1) is 11.3 Å². The van der Waals surface area contributed by atoms with Gasteiger partial charge in [-0.2, -0.15) is 13.2 Å². The number of benzene rings is 1. The summed E-state index contributed by atoms with van der Waals surface area (Å²) in [4.78, 5) is 22.5. The summed E-state index contributed by atoms with van der Waals surface area (Å²) in [6, 6.07) is 3.25. The van der Waals surface area contributed by atoms with Gasteiger partial charge in [0.2, 0.25) is 11.8 Å². The maximum atomic E-state index is 13.0. The number of carbonyl (C=O) groups excluding carboxylic acids is 2. The first-order valence-electron chi connectivity index (χ1n) is 6.52. The second-order valence-electron chi connectivity index (χ2n) is 4.59. The number of hydrogen-bond donors (Lipinski definition) is 2. The molecule has 4 nitrogen and oxygen atoms in total. The quantitative estimate of drug-likeness (QED) is 0.869. The average Bonchev–Trinajstić information content (AvgIpc) is 2.36. The number of anilines is 2. The van der Waals surface area contributed by atoms with E-state index >= 15 is 0 Å². The molecule has 0 radical (unpaired) electrons. The normalized spacial score (nSPS) is 11.1. The van der Waals surface area contributed by atoms with Gasteiger partial charge in [0, 0.05) is 19.0 Å². The Hall–Kier alpha value is -2.05. The number of alkyl halides is 3. The first-order valence-corrected chi connectivity index (χ1v) is 6.52. The fraction of sp³-hybridized carbons (Fsp3) is 0.429. The van der Waals surface area contributed by atoms with E-state index in [9.17, 15) is 22.8 Å². The van der Waals surface area contributed by atoms with Crippen molar-refractivity contribution >= 4 is 23.2 Å². The smallest absolute Gasteiger partial charge is 0.326 e. The first-order chi connectivity index (χ1) is 9.74. The van der Waals surface area contributed by atoms with E-state index in [4.69, 9.17) is 0 Å². The third-order valence-electron chi connectivity index (χ3n) is 2.68. The molecule has 0 aliphatic carbocycles. The minimum Gasteiger partial charge on any atom is -0.326 e. The molecule has 0 saturated heterocycles. The van der Waals surface area contributed by atoms with E-state index in [1.807, 2.05) is 6.92 Å². The lowest BCUT2D eigenvalue weighted by molar-refractivity contribution is -0.137. The molecule has 0 fully saturated rings. The topological polar surface area (TPSA) is 58.2 Å². The van der Waals surface area contributed by atoms with E-state index in [1.165, 1.54) is 13.0 Å². The Morgan fingerprint density at radius 2 is 1.86 bits per heavy atom. The fourth-order valence-corrected chi connectivity index (χ4v) is 1.72. The average molecular weight is 302 g/mol. The van der Waals surface area contributed by atoms with Crippen molar-refractivity contribution < 1.29 is 22.8 Å². The number of rotatable bonds is 5. The largest absolute Gasteiger partial charge is 0.418 e. The maximum absolute atomic E-state index is 13.0. The summed E-state index contributed by atoms with van der Waals surface area (Å²) in [6.45, 7) is 3.09. The van der Waals surface area contributed by atoms with Crippen LogP contribution in [0.25, 0.3) is 0 Å². The maximum Gasteiger partial charge on any atom is 0.418 e. The SMILES string of the molecule is CCCCC(=O)Nc1ccc(NC(C)=O)cc1C(F)(F)F. The van der Waals surface area contributed by atoms with Crippen LogP contribution >= 0.6 is 0 Å². The molecule has 2 amide bonds. The van der Waals surface area contributed by atoms with Gasteiger partial charge in [-0.1, -0.05) is 13.3 Å². The Balaban J connectivity index is 3.02. The third-order valence-corrected chi connectivity index (χ3v) is 2.68. The Morgan fingerprint density at radius 3 is 2.38 bits per heavy atom. The van der Waals surface area contributed by atoms with Gasteiger partial charge in [-0.05, 0) is 24.6 Å². The predicted octanol–water partition coefficient (Wildman–Crippen LogP) is 3.79. The Morgan fingerprint density at radius 1 is 1.19 bits per heavy atom. The predicted molar refractivity (Wildman–Crippen MR) is 73.9 cm³/mol. The van der Waals surface area contributed by atoms with Crippen molar-refractivity contribution in [2.24, 2.45) is 0 Å². The van der Waals surface area contributed by atoms with Gasteiger partial charge in [-0.15, -0.1) is 0 Å². The molecule has 0 spiro atoms. The summed E-state index contributed by atoms with van der Waals surface area (Å²) < 4.78 is 39.0. The highest BCUT2D eigenvalue weighted by Crippen LogP contribution is 2.36. The lowest BCUT2D eigenvalue weighted by Gasteiger charge is -2.15. The number of nitrogens with one attached hydrogen (secondary N) is 2. The molecule has 0 aliphatic rings. The number of amides is 2. The van der Waals surface area contributed by atoms with Crippen LogP contribution in [-0.2, 0) is 15.8 Å². The molecule has 1 aromatic rings. The van der Waals surface area contributed by atoms with Gasteiger partial charge in [0.1, 0.15) is 0 Å². The number of carbonyl (C=O) groups is 2. The zero-order chi connectivity index (χ0) is 16.0. The third kappa shape index (κ3) is 5.45. The number of unbranched alkanes of at least 4 members (excludes halogenated alkanes) is 1. The summed E-state index contributed by atoms with van der Waals surface area (Å²) in [7, 11) is 0. The second-order valence-corrected chi connectivity index (χ2v) is 4.59. The summed E-state index contributed by atoms with van der Waals surface area (Å²) in [6.07, 6.45) is -3.07. The number of halogens is 3. The minimum absolute atomic E-state index is 0.0291. The summed E-state index contributed by atoms with van der Waals surface area (Å²) in [5.74, 6) is -0.933. The van der Waals surface area contributed by atoms with Gasteiger partial charge >= 0.3 is 6.18 Å². The molecular weight excluding hydrogens is 285 g/mol. The van der Waals surface area contributed by atoms with E-state index < -0.39 is 23.6 Å². The van der Waals surface area contributed by atoms with Crippen LogP contribution in [0.4, 0.5) is 24.5 Å². The summed E-state index contributed by atoms with van der Waals surface area (Å²) >= 11 is 0. The molecule has 116 valence electrons. The van der Waals surface area contributed by atoms with E-state index in [-0.39, 0.29) is 17.8 Å². The molecule has 2 N–H and O–H groups in total. The van der Waals surface area contributed by atoms with Crippen LogP contribution in [0.5, 0.6) is 0 Å². The minimum atomic E-state index is -4.62. The molecule has 0 bridgehead atoms. The van der Waals surface area contributed by atoms with Gasteiger partial charge in [0.15, 0.2) is 0 Å². The lowest BCUT2D eigenvalue weighted by atomic mass is 10.1. The molecule has 1 rings (SSSR count). The van der Waals surface area contributed by atoms with Crippen molar-refractivity contribution in [2.45, 2.75) is 39.3 Å². The van der Waals surface area contributed by atoms with Crippen molar-refractivity contribution in [3.63, 3.8) is 0 Å². The van der Waals surface area contributed by atoms with Crippen LogP contribution in [0.2, 0.25) is 0 Å². The standard InChI is InChI=1S/C14H17F3N2O2/c1-3-4-5-13(21)19-12-7-6-10(18-9(2)20)8-11(12)14(15,16)17/h6-8H,3-5H2,1-2H3,(H,18,20)(H,19,21). The van der Waals surface area contributed by atoms with Crippen LogP contribution in [0.3, 0.4) is 0 Å². The van der Waals surface area contributed by atoms with Crippen LogP contribution < -0.4 is 10.6 Å². The van der Waals surface area contributed by atoms with E-state index in [0.717, 1.165) is 18.6 Å². The van der Waals surface area contributed by atoms with Crippen LogP contribution in [0.15, 0.2) is 18.2 Å². The second kappa shape index (κ2) is 7.10. The van der Waals surface area contributed by atoms with Crippen molar-refractivity contribution in [2.75, 3.05) is 10.6 Å². The van der Waals surface area contributed by atoms with Gasteiger partial charge < -0.3 is 10.6 Å². The zero-order valence-electron chi connectivity index (χ0n) is 11.8. The molecule has 0 heterocycles. The Bertz CT molecular complexity index is 527. The Labute approximate surface area is 120 Å². The zero-order valence-corrected chi connectivity index (χ0v) is 11.8. The molecule has 7 heteroatoms. The van der Waals surface area contributed by atoms with Crippen LogP contribution in [0.1, 0.15) is 38.7 Å². The van der Waals surface area contributed by atoms with Gasteiger partial charge in [0.25, 0.3) is 0 Å². The molecule has 0 aromatic heterocycles. The number of hydrogen-bond acceptors (Lipinski definition) is 2. The molecule has 0 saturated carbocycles. The van der Waals surface area contributed by atoms with Crippen molar-refractivity contribution in [3.05, 3.63) is 23.8 Å². The van der Waals surface area contributed by atoms with Gasteiger partial charge in [-0.25, -0.2) is 0 Å². The fourth-order valence-electron chi connectivity index (χ4n) is 1.72. The van der Waals surface area contributed by atoms with Gasteiger partial charge in [-0.3, -0.25) is 9.59 Å². The lowest BCUT2D eigenvalue weighted by Crippen LogP contribution is -2.17. The Kier molecular flexibility index (Phi) is 5.75. The van der Waals surface area contributed by atoms with Crippen LogP contribution in [0, 0.1) is 0 Å². The van der Waals surface area contributed by atoms with Crippen molar-refractivity contribution in [1.29, 1.82) is 0 Å². The van der Waals surface area contributed by atoms with E-state index in [0.29, 0.717) is 6.42 Å². The monoisotopic (exact) mass is 302 g/mol. The highest BCUT2D eigenvalue weighted by molar-refractivity contribution is 5.93. The van der Waals surface area contributed by atoms with Crippen LogP contribution in [-0.4, -0.2) is 11.8 Å². The molecule has 0 aliphatic heterocycles. The van der Waals surface area contributed by atoms with E-state index in [2.05, 4.69) is 10.6 Å². The highest BCUT2D eigenvalue weighted by atomic mass is 19.4. The summed E-state index contributed by atoms with van der Waals surface area (Å²) in [5.41, 5.74) is -1.27. The molecule has 1 aromatic carbocycles. The first kappa shape index (κ1) is 17.0. The molecule has 0 unspecified atom stereocenters. The van der Waals surface area contributed by atoms with Crippen molar-refractivity contribution in [3.8, 4) is 0 Å². The van der Waals surface area contributed by atoms with Crippen molar-refractivity contribution in [1.82, 2.24) is 0 Å². The summed E-state index contributed by atoms with van der Waals surface area (Å²) in [5, 5.41) is 4.54. The molecule has 0 atom stereocenters. The van der Waals surface area contributed by atoms with E-state index in [1.54, 1.807) is 0 Å².